The van der Waals surface area contributed by atoms with Gasteiger partial charge in [0.25, 0.3) is 22.7 Å². The second-order valence-corrected chi connectivity index (χ2v) is 18.7. The van der Waals surface area contributed by atoms with E-state index in [0.717, 1.165) is 88.9 Å². The fraction of sp³-hybridized carbons (Fsp3) is 0.267. The molecule has 0 spiro atoms. The van der Waals surface area contributed by atoms with Crippen molar-refractivity contribution in [1.29, 1.82) is 0 Å². The van der Waals surface area contributed by atoms with Crippen LogP contribution in [0.25, 0.3) is 88.9 Å². The summed E-state index contributed by atoms with van der Waals surface area (Å²) >= 11 is 0. The van der Waals surface area contributed by atoms with Gasteiger partial charge in [0.2, 0.25) is 0 Å². The van der Waals surface area contributed by atoms with Gasteiger partial charge in [-0.2, -0.15) is 0 Å². The molecule has 9 rings (SSSR count). The first-order valence-corrected chi connectivity index (χ1v) is 26.0. The number of aromatic nitrogens is 4. The highest BCUT2D eigenvalue weighted by molar-refractivity contribution is 6.09. The third-order valence-corrected chi connectivity index (χ3v) is 15.0. The van der Waals surface area contributed by atoms with Crippen molar-refractivity contribution in [2.75, 3.05) is 0 Å². The number of allylic oxidation sites excluding steroid dienone is 4. The van der Waals surface area contributed by atoms with Crippen LogP contribution in [0.15, 0.2) is 97.1 Å². The Morgan fingerprint density at radius 3 is 0.645 bits per heavy atom. The summed E-state index contributed by atoms with van der Waals surface area (Å²) in [6.45, 7) is 16.7. The number of nitro benzene ring substituents is 4. The van der Waals surface area contributed by atoms with Gasteiger partial charge in [-0.1, -0.05) is 55.4 Å². The number of aromatic amines is 2. The van der Waals surface area contributed by atoms with E-state index in [1.807, 2.05) is 0 Å². The molecule has 8 bridgehead atoms. The molecule has 0 radical (unpaired) electrons. The smallest absolute Gasteiger partial charge is 0.269 e. The van der Waals surface area contributed by atoms with Crippen molar-refractivity contribution in [2.45, 2.75) is 107 Å². The average molecular weight is 1020 g/mol. The summed E-state index contributed by atoms with van der Waals surface area (Å²) in [6, 6.07) is 26.2. The Kier molecular flexibility index (Phi) is 14.4. The molecule has 5 heterocycles. The highest BCUT2D eigenvalue weighted by Crippen LogP contribution is 2.50. The standard InChI is InChI=1S/C60H58N8O8/c1-9-41-42(10-2)54-50(34-19-27-38(28-20-34)66(71)72)56-45(13-5)46(14-6)58(63-56)52(36-23-31-40(32-24-36)68(75)76)60-48(16-8)47(15-7)59(64-60)51(35-21-29-39(30-22-35)67(73)74)57-44(12-4)43(11-3)55(62-57)49(53(41)61-54)33-17-25-37(26-18-33)65(69)70/h17-32,61,64H,9-16H2,1-8H3. The molecule has 4 aromatic carbocycles. The third-order valence-electron chi connectivity index (χ3n) is 15.0. The van der Waals surface area contributed by atoms with Gasteiger partial charge in [-0.05, 0) is 167 Å². The van der Waals surface area contributed by atoms with E-state index in [-0.39, 0.29) is 22.7 Å². The third kappa shape index (κ3) is 8.72. The molecule has 0 saturated heterocycles. The first-order chi connectivity index (χ1) is 36.7. The highest BCUT2D eigenvalue weighted by atomic mass is 16.6. The van der Waals surface area contributed by atoms with Gasteiger partial charge in [-0.3, -0.25) is 40.5 Å². The van der Waals surface area contributed by atoms with E-state index in [4.69, 9.17) is 9.97 Å². The Bertz CT molecular complexity index is 3290. The molecule has 0 saturated carbocycles. The van der Waals surface area contributed by atoms with E-state index in [2.05, 4.69) is 65.4 Å². The zero-order valence-electron chi connectivity index (χ0n) is 43.8. The Morgan fingerprint density at radius 2 is 0.500 bits per heavy atom. The summed E-state index contributed by atoms with van der Waals surface area (Å²) in [4.78, 5) is 66.6. The summed E-state index contributed by atoms with van der Waals surface area (Å²) in [5, 5.41) is 48.7. The first-order valence-electron chi connectivity index (χ1n) is 26.0. The Balaban J connectivity index is 1.68. The van der Waals surface area contributed by atoms with Crippen LogP contribution in [0.3, 0.4) is 0 Å². The van der Waals surface area contributed by atoms with Crippen LogP contribution in [0.5, 0.6) is 0 Å². The number of nitro groups is 4. The maximum Gasteiger partial charge on any atom is 0.269 e. The maximum absolute atomic E-state index is 12.2. The zero-order valence-corrected chi connectivity index (χ0v) is 43.8. The predicted octanol–water partition coefficient (Wildman–Crippen LogP) is 16.3. The van der Waals surface area contributed by atoms with Gasteiger partial charge in [0.05, 0.1) is 64.5 Å². The molecule has 76 heavy (non-hydrogen) atoms. The Hall–Kier alpha value is -8.92. The van der Waals surface area contributed by atoms with Crippen molar-refractivity contribution in [3.63, 3.8) is 0 Å². The van der Waals surface area contributed by atoms with Crippen LogP contribution in [-0.4, -0.2) is 39.6 Å². The lowest BCUT2D eigenvalue weighted by Crippen LogP contribution is -1.94. The van der Waals surface area contributed by atoms with Gasteiger partial charge >= 0.3 is 0 Å². The molecule has 2 aliphatic heterocycles. The molecule has 7 aromatic rings. The maximum atomic E-state index is 12.2. The van der Waals surface area contributed by atoms with Crippen molar-refractivity contribution in [3.05, 3.63) is 183 Å². The quantitative estimate of drug-likeness (QED) is 0.0687. The van der Waals surface area contributed by atoms with Gasteiger partial charge < -0.3 is 9.97 Å². The van der Waals surface area contributed by atoms with Gasteiger partial charge in [0.15, 0.2) is 0 Å². The molecule has 0 fully saturated rings. The second-order valence-electron chi connectivity index (χ2n) is 18.7. The molecule has 0 atom stereocenters. The van der Waals surface area contributed by atoms with E-state index in [1.165, 1.54) is 48.5 Å². The van der Waals surface area contributed by atoms with Gasteiger partial charge in [-0.25, -0.2) is 9.97 Å². The van der Waals surface area contributed by atoms with E-state index >= 15 is 0 Å². The van der Waals surface area contributed by atoms with Gasteiger partial charge in [0, 0.05) is 70.8 Å². The minimum atomic E-state index is -0.419. The van der Waals surface area contributed by atoms with Crippen molar-refractivity contribution in [1.82, 2.24) is 19.9 Å². The molecule has 2 aliphatic rings. The highest BCUT2D eigenvalue weighted by Gasteiger charge is 2.32. The molecule has 0 unspecified atom stereocenters. The van der Waals surface area contributed by atoms with Crippen LogP contribution in [0, 0.1) is 40.5 Å². The normalized spacial score (nSPS) is 12.4. The second kappa shape index (κ2) is 21.1. The zero-order chi connectivity index (χ0) is 54.3. The first kappa shape index (κ1) is 52.0. The van der Waals surface area contributed by atoms with Gasteiger partial charge in [-0.15, -0.1) is 0 Å². The number of hydrogen-bond donors (Lipinski definition) is 2. The monoisotopic (exact) mass is 1020 g/mol. The number of rotatable bonds is 16. The largest absolute Gasteiger partial charge is 0.354 e. The molecule has 3 aromatic heterocycles. The molecule has 16 nitrogen and oxygen atoms in total. The van der Waals surface area contributed by atoms with Crippen LogP contribution in [-0.2, 0) is 25.7 Å². The van der Waals surface area contributed by atoms with Crippen LogP contribution >= 0.6 is 0 Å². The number of H-pyrrole nitrogens is 2. The Morgan fingerprint density at radius 1 is 0.316 bits per heavy atom. The van der Waals surface area contributed by atoms with Crippen LogP contribution in [0.1, 0.15) is 126 Å². The minimum Gasteiger partial charge on any atom is -0.354 e. The summed E-state index contributed by atoms with van der Waals surface area (Å²) in [6.07, 6.45) is 4.49. The summed E-state index contributed by atoms with van der Waals surface area (Å²) in [5.41, 5.74) is 19.0. The summed E-state index contributed by atoms with van der Waals surface area (Å²) in [7, 11) is 0. The van der Waals surface area contributed by atoms with Gasteiger partial charge in [0.1, 0.15) is 0 Å². The number of aryl methyl sites for hydroxylation is 4. The molecular weight excluding hydrogens is 961 g/mol. The van der Waals surface area contributed by atoms with Crippen LogP contribution in [0.4, 0.5) is 22.7 Å². The number of non-ortho nitro benzene ring substituents is 4. The summed E-state index contributed by atoms with van der Waals surface area (Å²) in [5.74, 6) is 0. The number of fused-ring (bicyclic) bond motifs is 8. The SMILES string of the molecule is CCC1=C(CC)c2nc1c(-c1ccc([N+](=O)[O-])cc1)c1[nH]c(c(CC)c1CC)c(-c1ccc([N+](=O)[O-])cc1)c1nc(c(-c3ccc([N+](=O)[O-])cc3)c3[nH]c(c(CC)c3CC)c2-c2ccc([N+](=O)[O-])cc2)C(CC)=C1CC. The van der Waals surface area contributed by atoms with E-state index in [0.29, 0.717) is 96.4 Å². The van der Waals surface area contributed by atoms with E-state index in [1.54, 1.807) is 48.5 Å². The van der Waals surface area contributed by atoms with Crippen molar-refractivity contribution in [3.8, 4) is 44.5 Å². The summed E-state index contributed by atoms with van der Waals surface area (Å²) < 4.78 is 0. The molecule has 2 N–H and O–H groups in total. The van der Waals surface area contributed by atoms with Crippen LogP contribution in [0.2, 0.25) is 0 Å². The topological polar surface area (TPSA) is 230 Å². The Labute approximate surface area is 438 Å². The fourth-order valence-corrected chi connectivity index (χ4v) is 11.6. The van der Waals surface area contributed by atoms with E-state index in [9.17, 15) is 40.5 Å². The number of nitrogens with zero attached hydrogens (tertiary/aromatic N) is 6. The molecule has 0 aliphatic carbocycles. The lowest BCUT2D eigenvalue weighted by molar-refractivity contribution is -0.385. The van der Waals surface area contributed by atoms with E-state index < -0.39 is 19.7 Å². The van der Waals surface area contributed by atoms with Crippen LogP contribution < -0.4 is 0 Å². The number of nitrogens with one attached hydrogen (secondary N) is 2. The molecule has 16 heteroatoms. The number of hydrogen-bond acceptors (Lipinski definition) is 10. The van der Waals surface area contributed by atoms with Crippen molar-refractivity contribution in [2.24, 2.45) is 0 Å². The molecule has 0 amide bonds. The number of benzene rings is 4. The minimum absolute atomic E-state index is 0.0680. The predicted molar refractivity (Wildman–Crippen MR) is 302 cm³/mol. The van der Waals surface area contributed by atoms with Crippen molar-refractivity contribution >= 4 is 67.1 Å². The molecular formula is C60H58N8O8. The fourth-order valence-electron chi connectivity index (χ4n) is 11.6. The molecule has 386 valence electrons. The lowest BCUT2D eigenvalue weighted by atomic mass is 9.90. The van der Waals surface area contributed by atoms with Crippen molar-refractivity contribution < 1.29 is 19.7 Å². The average Bonchev–Trinajstić information content (AvgIpc) is 4.25. The lowest BCUT2D eigenvalue weighted by Gasteiger charge is -2.11.